The Morgan fingerprint density at radius 3 is 2.44 bits per heavy atom. The standard InChI is InChI=1S/C13H17NO4/c1-10(2)18-13(15)12(14(16)17)9-8-11-6-4-3-5-7-11/h3-7,10,12H,8-9H2,1-2H3. The molecule has 0 aliphatic carbocycles. The van der Waals surface area contributed by atoms with Crippen molar-refractivity contribution in [1.29, 1.82) is 0 Å². The Morgan fingerprint density at radius 1 is 1.33 bits per heavy atom. The van der Waals surface area contributed by atoms with Gasteiger partial charge >= 0.3 is 12.0 Å². The van der Waals surface area contributed by atoms with Crippen molar-refractivity contribution < 1.29 is 14.5 Å². The fourth-order valence-corrected chi connectivity index (χ4v) is 1.57. The first kappa shape index (κ1) is 14.2. The molecule has 0 radical (unpaired) electrons. The number of ether oxygens (including phenoxy) is 1. The summed E-state index contributed by atoms with van der Waals surface area (Å²) in [4.78, 5) is 21.8. The lowest BCUT2D eigenvalue weighted by Gasteiger charge is -2.11. The second-order valence-corrected chi connectivity index (χ2v) is 4.31. The SMILES string of the molecule is CC(C)OC(=O)C(CCc1ccccc1)[N+](=O)[O-]. The Labute approximate surface area is 106 Å². The number of nitro groups is 1. The zero-order valence-electron chi connectivity index (χ0n) is 10.5. The van der Waals surface area contributed by atoms with Crippen molar-refractivity contribution in [2.24, 2.45) is 0 Å². The lowest BCUT2D eigenvalue weighted by molar-refractivity contribution is -0.511. The predicted molar refractivity (Wildman–Crippen MR) is 66.8 cm³/mol. The summed E-state index contributed by atoms with van der Waals surface area (Å²) in [5, 5.41) is 10.8. The molecule has 1 aromatic rings. The highest BCUT2D eigenvalue weighted by atomic mass is 16.6. The molecule has 0 fully saturated rings. The minimum absolute atomic E-state index is 0.155. The van der Waals surface area contributed by atoms with E-state index in [0.29, 0.717) is 6.42 Å². The van der Waals surface area contributed by atoms with Gasteiger partial charge in [-0.2, -0.15) is 0 Å². The molecule has 0 amide bonds. The minimum Gasteiger partial charge on any atom is -0.458 e. The Kier molecular flexibility index (Phi) is 5.30. The molecule has 0 N–H and O–H groups in total. The molecule has 0 saturated heterocycles. The van der Waals surface area contributed by atoms with E-state index in [-0.39, 0.29) is 12.5 Å². The summed E-state index contributed by atoms with van der Waals surface area (Å²) in [6.45, 7) is 3.35. The number of carbonyl (C=O) groups is 1. The monoisotopic (exact) mass is 251 g/mol. The van der Waals surface area contributed by atoms with E-state index in [1.54, 1.807) is 13.8 Å². The molecule has 1 atom stereocenters. The van der Waals surface area contributed by atoms with Gasteiger partial charge in [0.2, 0.25) is 0 Å². The van der Waals surface area contributed by atoms with E-state index in [4.69, 9.17) is 4.74 Å². The number of carbonyl (C=O) groups excluding carboxylic acids is 1. The molecule has 0 heterocycles. The summed E-state index contributed by atoms with van der Waals surface area (Å²) in [5.41, 5.74) is 0.974. The van der Waals surface area contributed by atoms with E-state index in [0.717, 1.165) is 5.56 Å². The van der Waals surface area contributed by atoms with E-state index in [1.165, 1.54) is 0 Å². The smallest absolute Gasteiger partial charge is 0.381 e. The summed E-state index contributed by atoms with van der Waals surface area (Å²) in [5.74, 6) is -0.758. The molecule has 1 rings (SSSR count). The summed E-state index contributed by atoms with van der Waals surface area (Å²) < 4.78 is 4.88. The van der Waals surface area contributed by atoms with Crippen LogP contribution in [0.15, 0.2) is 30.3 Å². The first-order valence-electron chi connectivity index (χ1n) is 5.88. The molecular weight excluding hydrogens is 234 g/mol. The largest absolute Gasteiger partial charge is 0.458 e. The van der Waals surface area contributed by atoms with Gasteiger partial charge in [-0.1, -0.05) is 30.3 Å². The summed E-state index contributed by atoms with van der Waals surface area (Å²) >= 11 is 0. The Morgan fingerprint density at radius 2 is 1.94 bits per heavy atom. The van der Waals surface area contributed by atoms with Crippen molar-refractivity contribution in [2.45, 2.75) is 38.8 Å². The quantitative estimate of drug-likeness (QED) is 0.441. The molecule has 0 aromatic heterocycles. The first-order valence-corrected chi connectivity index (χ1v) is 5.88. The molecule has 0 aliphatic heterocycles. The van der Waals surface area contributed by atoms with Gasteiger partial charge in [-0.25, -0.2) is 4.79 Å². The molecule has 1 aromatic carbocycles. The van der Waals surface area contributed by atoms with Crippen molar-refractivity contribution >= 4 is 5.97 Å². The van der Waals surface area contributed by atoms with E-state index in [1.807, 2.05) is 30.3 Å². The maximum Gasteiger partial charge on any atom is 0.381 e. The number of aryl methyl sites for hydroxylation is 1. The van der Waals surface area contributed by atoms with Crippen LogP contribution in [0.25, 0.3) is 0 Å². The van der Waals surface area contributed by atoms with Crippen LogP contribution in [0.1, 0.15) is 25.8 Å². The average molecular weight is 251 g/mol. The van der Waals surface area contributed by atoms with Gasteiger partial charge in [0, 0.05) is 11.3 Å². The van der Waals surface area contributed by atoms with Crippen molar-refractivity contribution in [3.8, 4) is 0 Å². The maximum atomic E-state index is 11.6. The average Bonchev–Trinajstić information content (AvgIpc) is 2.29. The third-order valence-electron chi connectivity index (χ3n) is 2.43. The zero-order chi connectivity index (χ0) is 13.5. The second kappa shape index (κ2) is 6.74. The zero-order valence-corrected chi connectivity index (χ0v) is 10.5. The molecule has 18 heavy (non-hydrogen) atoms. The van der Waals surface area contributed by atoms with Crippen LogP contribution in [0.3, 0.4) is 0 Å². The van der Waals surface area contributed by atoms with Crippen molar-refractivity contribution in [2.75, 3.05) is 0 Å². The molecular formula is C13H17NO4. The van der Waals surface area contributed by atoms with Crippen LogP contribution in [0, 0.1) is 10.1 Å². The van der Waals surface area contributed by atoms with Crippen LogP contribution < -0.4 is 0 Å². The topological polar surface area (TPSA) is 69.4 Å². The molecule has 5 heteroatoms. The molecule has 0 bridgehead atoms. The van der Waals surface area contributed by atoms with Gasteiger partial charge < -0.3 is 4.74 Å². The first-order chi connectivity index (χ1) is 8.50. The number of hydrogen-bond acceptors (Lipinski definition) is 4. The van der Waals surface area contributed by atoms with Gasteiger partial charge in [-0.3, -0.25) is 10.1 Å². The third kappa shape index (κ3) is 4.53. The van der Waals surface area contributed by atoms with E-state index >= 15 is 0 Å². The highest BCUT2D eigenvalue weighted by Gasteiger charge is 2.31. The van der Waals surface area contributed by atoms with Crippen LogP contribution >= 0.6 is 0 Å². The maximum absolute atomic E-state index is 11.6. The highest BCUT2D eigenvalue weighted by Crippen LogP contribution is 2.09. The number of rotatable bonds is 6. The van der Waals surface area contributed by atoms with Gasteiger partial charge in [0.25, 0.3) is 0 Å². The van der Waals surface area contributed by atoms with Gasteiger partial charge in [0.15, 0.2) is 0 Å². The summed E-state index contributed by atoms with van der Waals surface area (Å²) in [6.07, 6.45) is 0.305. The van der Waals surface area contributed by atoms with Gasteiger partial charge in [-0.15, -0.1) is 0 Å². The van der Waals surface area contributed by atoms with Crippen LogP contribution in [-0.4, -0.2) is 23.0 Å². The molecule has 5 nitrogen and oxygen atoms in total. The van der Waals surface area contributed by atoms with Crippen LogP contribution in [0.5, 0.6) is 0 Å². The van der Waals surface area contributed by atoms with Gasteiger partial charge in [0.1, 0.15) is 0 Å². The lowest BCUT2D eigenvalue weighted by Crippen LogP contribution is -2.33. The van der Waals surface area contributed by atoms with Crippen LogP contribution in [0.2, 0.25) is 0 Å². The van der Waals surface area contributed by atoms with Gasteiger partial charge in [0.05, 0.1) is 6.10 Å². The van der Waals surface area contributed by atoms with Crippen molar-refractivity contribution in [3.05, 3.63) is 46.0 Å². The molecule has 98 valence electrons. The molecule has 1 unspecified atom stereocenters. The Balaban J connectivity index is 2.59. The number of esters is 1. The third-order valence-corrected chi connectivity index (χ3v) is 2.43. The molecule has 0 saturated carbocycles. The second-order valence-electron chi connectivity index (χ2n) is 4.31. The van der Waals surface area contributed by atoms with Crippen LogP contribution in [-0.2, 0) is 16.0 Å². The highest BCUT2D eigenvalue weighted by molar-refractivity contribution is 5.74. The van der Waals surface area contributed by atoms with Crippen molar-refractivity contribution in [1.82, 2.24) is 0 Å². The van der Waals surface area contributed by atoms with E-state index < -0.39 is 16.9 Å². The fraction of sp³-hybridized carbons (Fsp3) is 0.462. The predicted octanol–water partition coefficient (Wildman–Crippen LogP) is 2.22. The number of hydrogen-bond donors (Lipinski definition) is 0. The van der Waals surface area contributed by atoms with E-state index in [9.17, 15) is 14.9 Å². The van der Waals surface area contributed by atoms with Gasteiger partial charge in [-0.05, 0) is 25.8 Å². The van der Waals surface area contributed by atoms with E-state index in [2.05, 4.69) is 0 Å². The normalized spacial score (nSPS) is 12.2. The Bertz CT molecular complexity index is 403. The minimum atomic E-state index is -1.28. The van der Waals surface area contributed by atoms with Crippen molar-refractivity contribution in [3.63, 3.8) is 0 Å². The molecule has 0 spiro atoms. The molecule has 0 aliphatic rings. The lowest BCUT2D eigenvalue weighted by atomic mass is 10.1. The summed E-state index contributed by atoms with van der Waals surface area (Å²) in [7, 11) is 0. The Hall–Kier alpha value is -1.91. The fourth-order valence-electron chi connectivity index (χ4n) is 1.57. The number of benzene rings is 1. The summed E-state index contributed by atoms with van der Waals surface area (Å²) in [6, 6.07) is 8.08. The van der Waals surface area contributed by atoms with Crippen LogP contribution in [0.4, 0.5) is 0 Å². The number of nitrogens with zero attached hydrogens (tertiary/aromatic N) is 1.